The maximum absolute atomic E-state index is 15.5. The van der Waals surface area contributed by atoms with Crippen molar-refractivity contribution in [3.63, 3.8) is 0 Å². The van der Waals surface area contributed by atoms with Gasteiger partial charge in [0.2, 0.25) is 0 Å². The highest BCUT2D eigenvalue weighted by molar-refractivity contribution is 6.32. The number of amides is 1. The van der Waals surface area contributed by atoms with Gasteiger partial charge in [-0.1, -0.05) is 41.9 Å². The smallest absolute Gasteiger partial charge is 0.255 e. The zero-order valence-electron chi connectivity index (χ0n) is 18.9. The van der Waals surface area contributed by atoms with Gasteiger partial charge in [0, 0.05) is 29.8 Å². The molecule has 1 atom stereocenters. The van der Waals surface area contributed by atoms with Gasteiger partial charge in [-0.3, -0.25) is 9.59 Å². The van der Waals surface area contributed by atoms with Crippen LogP contribution in [0.2, 0.25) is 5.02 Å². The molecule has 34 heavy (non-hydrogen) atoms. The Balaban J connectivity index is 1.59. The fraction of sp³-hybridized carbons (Fsp3) is 0.259. The highest BCUT2D eigenvalue weighted by Crippen LogP contribution is 2.36. The molecule has 0 aliphatic carbocycles. The number of benzene rings is 3. The Kier molecular flexibility index (Phi) is 7.60. The third-order valence-corrected chi connectivity index (χ3v) is 6.02. The van der Waals surface area contributed by atoms with E-state index in [1.807, 2.05) is 6.07 Å². The zero-order valence-corrected chi connectivity index (χ0v) is 19.6. The molecule has 0 unspecified atom stereocenters. The van der Waals surface area contributed by atoms with Crippen molar-refractivity contribution in [1.29, 1.82) is 0 Å². The lowest BCUT2D eigenvalue weighted by Gasteiger charge is -2.25. The molecular formula is C27H26ClFN2O3. The fourth-order valence-electron chi connectivity index (χ4n) is 4.04. The number of ether oxygens (including phenoxy) is 1. The number of Topliss-reactive ketones (excluding diaryl/α,β-unsaturated/α-hetero) is 1. The molecule has 4 rings (SSSR count). The van der Waals surface area contributed by atoms with E-state index >= 15 is 4.39 Å². The Morgan fingerprint density at radius 2 is 1.97 bits per heavy atom. The molecule has 0 spiro atoms. The number of nitrogens with one attached hydrogen (secondary N) is 2. The van der Waals surface area contributed by atoms with Crippen LogP contribution in [0.15, 0.2) is 60.7 Å². The molecular weight excluding hydrogens is 455 g/mol. The van der Waals surface area contributed by atoms with Gasteiger partial charge in [0.15, 0.2) is 11.6 Å². The van der Waals surface area contributed by atoms with Crippen molar-refractivity contribution in [2.75, 3.05) is 18.4 Å². The molecule has 1 aliphatic heterocycles. The minimum Gasteiger partial charge on any atom is -0.484 e. The summed E-state index contributed by atoms with van der Waals surface area (Å²) in [6.45, 7) is 3.07. The monoisotopic (exact) mass is 480 g/mol. The first-order valence-corrected chi connectivity index (χ1v) is 11.6. The van der Waals surface area contributed by atoms with Crippen LogP contribution in [-0.4, -0.2) is 30.9 Å². The number of hydrogen-bond acceptors (Lipinski definition) is 4. The van der Waals surface area contributed by atoms with E-state index in [4.69, 9.17) is 16.3 Å². The quantitative estimate of drug-likeness (QED) is 0.458. The van der Waals surface area contributed by atoms with Crippen molar-refractivity contribution in [2.45, 2.75) is 32.3 Å². The number of ketones is 1. The standard InChI is InChI=1S/C27H26ClFN2O3/c1-17(32)14-19-6-2-3-10-24(19)31-27(33)20-8-4-7-18(15-20)22-11-12-23(28)26(25(22)29)34-21-9-5-13-30-16-21/h2-4,6-8,10-12,15,21,30H,5,9,13-14,16H2,1H3,(H,31,33)/t21-/m1/s1. The van der Waals surface area contributed by atoms with Crippen LogP contribution in [0, 0.1) is 5.82 Å². The predicted molar refractivity (Wildman–Crippen MR) is 132 cm³/mol. The average molecular weight is 481 g/mol. The van der Waals surface area contributed by atoms with Gasteiger partial charge >= 0.3 is 0 Å². The SMILES string of the molecule is CC(=O)Cc1ccccc1NC(=O)c1cccc(-c2ccc(Cl)c(O[C@@H]3CCCNC3)c2F)c1. The van der Waals surface area contributed by atoms with Gasteiger partial charge in [-0.25, -0.2) is 4.39 Å². The van der Waals surface area contributed by atoms with E-state index in [1.54, 1.807) is 54.6 Å². The van der Waals surface area contributed by atoms with E-state index < -0.39 is 5.82 Å². The summed E-state index contributed by atoms with van der Waals surface area (Å²) in [7, 11) is 0. The number of para-hydroxylation sites is 1. The van der Waals surface area contributed by atoms with Gasteiger partial charge in [-0.15, -0.1) is 0 Å². The average Bonchev–Trinajstić information content (AvgIpc) is 2.83. The van der Waals surface area contributed by atoms with Crippen LogP contribution in [0.3, 0.4) is 0 Å². The lowest BCUT2D eigenvalue weighted by atomic mass is 10.0. The second kappa shape index (κ2) is 10.8. The second-order valence-electron chi connectivity index (χ2n) is 8.40. The van der Waals surface area contributed by atoms with Crippen LogP contribution in [-0.2, 0) is 11.2 Å². The summed E-state index contributed by atoms with van der Waals surface area (Å²) in [5.74, 6) is -0.871. The van der Waals surface area contributed by atoms with Crippen molar-refractivity contribution in [3.05, 3.63) is 82.6 Å². The summed E-state index contributed by atoms with van der Waals surface area (Å²) in [6.07, 6.45) is 1.86. The van der Waals surface area contributed by atoms with E-state index in [-0.39, 0.29) is 35.0 Å². The summed E-state index contributed by atoms with van der Waals surface area (Å²) in [4.78, 5) is 24.5. The van der Waals surface area contributed by atoms with Gasteiger partial charge in [-0.2, -0.15) is 0 Å². The molecule has 1 amide bonds. The van der Waals surface area contributed by atoms with Crippen LogP contribution >= 0.6 is 11.6 Å². The predicted octanol–water partition coefficient (Wildman–Crippen LogP) is 5.66. The number of halogens is 2. The van der Waals surface area contributed by atoms with Gasteiger partial charge in [0.25, 0.3) is 5.91 Å². The van der Waals surface area contributed by atoms with Crippen molar-refractivity contribution in [3.8, 4) is 16.9 Å². The zero-order chi connectivity index (χ0) is 24.1. The van der Waals surface area contributed by atoms with Crippen molar-refractivity contribution in [2.24, 2.45) is 0 Å². The lowest BCUT2D eigenvalue weighted by Crippen LogP contribution is -2.37. The molecule has 1 saturated heterocycles. The van der Waals surface area contributed by atoms with E-state index in [1.165, 1.54) is 6.92 Å². The van der Waals surface area contributed by atoms with Crippen molar-refractivity contribution < 1.29 is 18.7 Å². The topological polar surface area (TPSA) is 67.4 Å². The van der Waals surface area contributed by atoms with Crippen molar-refractivity contribution in [1.82, 2.24) is 5.32 Å². The lowest BCUT2D eigenvalue weighted by molar-refractivity contribution is -0.116. The molecule has 2 N–H and O–H groups in total. The number of piperidine rings is 1. The van der Waals surface area contributed by atoms with E-state index in [2.05, 4.69) is 10.6 Å². The molecule has 3 aromatic carbocycles. The molecule has 1 heterocycles. The molecule has 5 nitrogen and oxygen atoms in total. The van der Waals surface area contributed by atoms with E-state index in [0.29, 0.717) is 28.9 Å². The highest BCUT2D eigenvalue weighted by Gasteiger charge is 2.21. The highest BCUT2D eigenvalue weighted by atomic mass is 35.5. The van der Waals surface area contributed by atoms with E-state index in [9.17, 15) is 9.59 Å². The molecule has 1 fully saturated rings. The summed E-state index contributed by atoms with van der Waals surface area (Å²) >= 11 is 6.26. The minimum absolute atomic E-state index is 0.00365. The summed E-state index contributed by atoms with van der Waals surface area (Å²) < 4.78 is 21.4. The first-order valence-electron chi connectivity index (χ1n) is 11.3. The number of carbonyl (C=O) groups is 2. The summed E-state index contributed by atoms with van der Waals surface area (Å²) in [5, 5.41) is 6.31. The largest absolute Gasteiger partial charge is 0.484 e. The molecule has 0 saturated carbocycles. The molecule has 0 bridgehead atoms. The fourth-order valence-corrected chi connectivity index (χ4v) is 4.23. The van der Waals surface area contributed by atoms with Crippen LogP contribution in [0.25, 0.3) is 11.1 Å². The Bertz CT molecular complexity index is 1210. The van der Waals surface area contributed by atoms with Gasteiger partial charge < -0.3 is 15.4 Å². The second-order valence-corrected chi connectivity index (χ2v) is 8.80. The molecule has 3 aromatic rings. The Morgan fingerprint density at radius 3 is 2.74 bits per heavy atom. The van der Waals surface area contributed by atoms with Crippen LogP contribution in [0.4, 0.5) is 10.1 Å². The Labute approximate surface area is 203 Å². The Hall–Kier alpha value is -3.22. The normalized spacial score (nSPS) is 15.6. The summed E-state index contributed by atoms with van der Waals surface area (Å²) in [6, 6.07) is 17.1. The van der Waals surface area contributed by atoms with Gasteiger partial charge in [0.1, 0.15) is 11.9 Å². The van der Waals surface area contributed by atoms with Crippen LogP contribution < -0.4 is 15.4 Å². The number of carbonyl (C=O) groups excluding carboxylic acids is 2. The third-order valence-electron chi connectivity index (χ3n) is 5.73. The number of hydrogen-bond donors (Lipinski definition) is 2. The first-order chi connectivity index (χ1) is 16.4. The summed E-state index contributed by atoms with van der Waals surface area (Å²) in [5.41, 5.74) is 2.51. The van der Waals surface area contributed by atoms with Gasteiger partial charge in [-0.05, 0) is 67.8 Å². The minimum atomic E-state index is -0.553. The molecule has 0 aromatic heterocycles. The third kappa shape index (κ3) is 5.64. The molecule has 1 aliphatic rings. The first kappa shape index (κ1) is 23.9. The molecule has 7 heteroatoms. The number of rotatable bonds is 7. The van der Waals surface area contributed by atoms with Crippen LogP contribution in [0.5, 0.6) is 5.75 Å². The Morgan fingerprint density at radius 1 is 1.15 bits per heavy atom. The maximum Gasteiger partial charge on any atom is 0.255 e. The molecule has 0 radical (unpaired) electrons. The molecule has 176 valence electrons. The van der Waals surface area contributed by atoms with Crippen molar-refractivity contribution >= 4 is 29.0 Å². The maximum atomic E-state index is 15.5. The van der Waals surface area contributed by atoms with E-state index in [0.717, 1.165) is 24.9 Å². The number of anilines is 1. The van der Waals surface area contributed by atoms with Gasteiger partial charge in [0.05, 0.1) is 5.02 Å². The van der Waals surface area contributed by atoms with Crippen LogP contribution in [0.1, 0.15) is 35.7 Å².